The number of hydrogen-bond acceptors (Lipinski definition) is 4. The number of amides is 1. The van der Waals surface area contributed by atoms with E-state index in [1.807, 2.05) is 4.90 Å². The minimum atomic E-state index is -3.48. The molecule has 0 bridgehead atoms. The summed E-state index contributed by atoms with van der Waals surface area (Å²) in [6, 6.07) is 6.60. The Kier molecular flexibility index (Phi) is 7.58. The van der Waals surface area contributed by atoms with E-state index in [2.05, 4.69) is 18.7 Å². The summed E-state index contributed by atoms with van der Waals surface area (Å²) in [6.45, 7) is 10.7. The largest absolute Gasteiger partial charge is 0.338 e. The van der Waals surface area contributed by atoms with Gasteiger partial charge in [-0.25, -0.2) is 8.42 Å². The molecule has 0 spiro atoms. The van der Waals surface area contributed by atoms with Crippen LogP contribution in [0.15, 0.2) is 29.2 Å². The van der Waals surface area contributed by atoms with Crippen molar-refractivity contribution < 1.29 is 13.2 Å². The van der Waals surface area contributed by atoms with Gasteiger partial charge < -0.3 is 9.80 Å². The van der Waals surface area contributed by atoms with Crippen molar-refractivity contribution in [2.75, 3.05) is 45.8 Å². The Balaban J connectivity index is 1.35. The lowest BCUT2D eigenvalue weighted by Crippen LogP contribution is -2.45. The highest BCUT2D eigenvalue weighted by Gasteiger charge is 2.30. The van der Waals surface area contributed by atoms with Crippen LogP contribution in [0.4, 0.5) is 0 Å². The van der Waals surface area contributed by atoms with Crippen molar-refractivity contribution in [3.05, 3.63) is 29.8 Å². The second-order valence-electron chi connectivity index (χ2n) is 10.4. The number of benzene rings is 1. The van der Waals surface area contributed by atoms with E-state index in [1.165, 1.54) is 32.4 Å². The molecule has 7 heteroatoms. The molecule has 4 rings (SSSR count). The van der Waals surface area contributed by atoms with Crippen molar-refractivity contribution in [1.82, 2.24) is 14.1 Å². The lowest BCUT2D eigenvalue weighted by atomic mass is 9.94. The molecule has 0 radical (unpaired) electrons. The minimum absolute atomic E-state index is 0.0257. The van der Waals surface area contributed by atoms with E-state index in [0.29, 0.717) is 35.4 Å². The molecule has 3 fully saturated rings. The quantitative estimate of drug-likeness (QED) is 0.671. The summed E-state index contributed by atoms with van der Waals surface area (Å²) in [6.07, 6.45) is 6.59. The summed E-state index contributed by atoms with van der Waals surface area (Å²) in [5.74, 6) is 1.97. The number of likely N-dealkylation sites (tertiary alicyclic amines) is 2. The Morgan fingerprint density at radius 2 is 1.47 bits per heavy atom. The van der Waals surface area contributed by atoms with Gasteiger partial charge in [-0.05, 0) is 93.6 Å². The minimum Gasteiger partial charge on any atom is -0.338 e. The number of hydrogen-bond donors (Lipinski definition) is 0. The number of carbonyl (C=O) groups excluding carboxylic acids is 1. The molecule has 1 amide bonds. The normalized spacial score (nSPS) is 25.2. The van der Waals surface area contributed by atoms with Crippen molar-refractivity contribution in [2.24, 2.45) is 17.8 Å². The predicted octanol–water partition coefficient (Wildman–Crippen LogP) is 3.69. The number of rotatable bonds is 5. The second kappa shape index (κ2) is 10.2. The van der Waals surface area contributed by atoms with Gasteiger partial charge in [0, 0.05) is 38.3 Å². The molecule has 3 heterocycles. The molecule has 1 atom stereocenters. The van der Waals surface area contributed by atoms with E-state index in [1.54, 1.807) is 28.6 Å². The van der Waals surface area contributed by atoms with Crippen LogP contribution in [-0.2, 0) is 10.0 Å². The van der Waals surface area contributed by atoms with Crippen LogP contribution < -0.4 is 0 Å². The van der Waals surface area contributed by atoms with Crippen LogP contribution in [0.2, 0.25) is 0 Å². The first kappa shape index (κ1) is 23.7. The van der Waals surface area contributed by atoms with Crippen LogP contribution in [0, 0.1) is 17.8 Å². The predicted molar refractivity (Wildman–Crippen MR) is 127 cm³/mol. The molecule has 0 saturated carbocycles. The smallest absolute Gasteiger partial charge is 0.253 e. The van der Waals surface area contributed by atoms with E-state index < -0.39 is 10.0 Å². The van der Waals surface area contributed by atoms with Crippen LogP contribution in [0.1, 0.15) is 62.7 Å². The highest BCUT2D eigenvalue weighted by molar-refractivity contribution is 7.89. The first-order valence-corrected chi connectivity index (χ1v) is 13.9. The molecule has 178 valence electrons. The Morgan fingerprint density at radius 3 is 2.09 bits per heavy atom. The van der Waals surface area contributed by atoms with E-state index in [-0.39, 0.29) is 5.91 Å². The SMILES string of the molecule is CC1CCN(CC2CCCN(C(=O)c3ccc(S(=O)(=O)N4CCC(C)CC4)cc3)C2)CC1. The van der Waals surface area contributed by atoms with Crippen molar-refractivity contribution in [1.29, 1.82) is 0 Å². The van der Waals surface area contributed by atoms with Gasteiger partial charge in [-0.1, -0.05) is 13.8 Å². The Morgan fingerprint density at radius 1 is 0.875 bits per heavy atom. The number of piperidine rings is 3. The molecule has 3 aliphatic heterocycles. The van der Waals surface area contributed by atoms with Gasteiger partial charge in [0.25, 0.3) is 5.91 Å². The Hall–Kier alpha value is -1.44. The highest BCUT2D eigenvalue weighted by atomic mass is 32.2. The van der Waals surface area contributed by atoms with Gasteiger partial charge in [0.2, 0.25) is 10.0 Å². The summed E-state index contributed by atoms with van der Waals surface area (Å²) < 4.78 is 27.5. The van der Waals surface area contributed by atoms with Crippen molar-refractivity contribution >= 4 is 15.9 Å². The molecule has 3 aliphatic rings. The van der Waals surface area contributed by atoms with Crippen LogP contribution in [0.25, 0.3) is 0 Å². The maximum atomic E-state index is 13.1. The monoisotopic (exact) mass is 461 g/mol. The molecule has 1 aromatic rings. The molecule has 0 aliphatic carbocycles. The van der Waals surface area contributed by atoms with Crippen LogP contribution in [0.3, 0.4) is 0 Å². The summed E-state index contributed by atoms with van der Waals surface area (Å²) in [5.41, 5.74) is 0.587. The third-order valence-electron chi connectivity index (χ3n) is 7.68. The zero-order chi connectivity index (χ0) is 22.7. The van der Waals surface area contributed by atoms with Gasteiger partial charge in [0.15, 0.2) is 0 Å². The fraction of sp³-hybridized carbons (Fsp3) is 0.720. The summed E-state index contributed by atoms with van der Waals surface area (Å²) >= 11 is 0. The Labute approximate surface area is 194 Å². The van der Waals surface area contributed by atoms with Crippen LogP contribution >= 0.6 is 0 Å². The van der Waals surface area contributed by atoms with E-state index in [9.17, 15) is 13.2 Å². The lowest BCUT2D eigenvalue weighted by Gasteiger charge is -2.38. The molecule has 0 aromatic heterocycles. The topological polar surface area (TPSA) is 60.9 Å². The Bertz CT molecular complexity index is 870. The third-order valence-corrected chi connectivity index (χ3v) is 9.59. The number of nitrogens with zero attached hydrogens (tertiary/aromatic N) is 3. The zero-order valence-corrected chi connectivity index (χ0v) is 20.5. The average Bonchev–Trinajstić information content (AvgIpc) is 2.81. The maximum absolute atomic E-state index is 13.1. The van der Waals surface area contributed by atoms with Gasteiger partial charge in [-0.15, -0.1) is 0 Å². The zero-order valence-electron chi connectivity index (χ0n) is 19.7. The fourth-order valence-electron chi connectivity index (χ4n) is 5.33. The van der Waals surface area contributed by atoms with E-state index >= 15 is 0 Å². The summed E-state index contributed by atoms with van der Waals surface area (Å²) in [4.78, 5) is 18.0. The van der Waals surface area contributed by atoms with Crippen molar-refractivity contribution in [3.8, 4) is 0 Å². The second-order valence-corrected chi connectivity index (χ2v) is 12.3. The highest BCUT2D eigenvalue weighted by Crippen LogP contribution is 2.25. The number of sulfonamides is 1. The van der Waals surface area contributed by atoms with E-state index in [4.69, 9.17) is 0 Å². The average molecular weight is 462 g/mol. The molecular formula is C25H39N3O3S. The molecular weight excluding hydrogens is 422 g/mol. The van der Waals surface area contributed by atoms with Crippen molar-refractivity contribution in [3.63, 3.8) is 0 Å². The molecule has 32 heavy (non-hydrogen) atoms. The molecule has 3 saturated heterocycles. The first-order chi connectivity index (χ1) is 15.3. The van der Waals surface area contributed by atoms with E-state index in [0.717, 1.165) is 44.8 Å². The molecule has 0 N–H and O–H groups in total. The molecule has 6 nitrogen and oxygen atoms in total. The summed E-state index contributed by atoms with van der Waals surface area (Å²) in [7, 11) is -3.48. The van der Waals surface area contributed by atoms with Gasteiger partial charge in [0.05, 0.1) is 4.90 Å². The van der Waals surface area contributed by atoms with Gasteiger partial charge >= 0.3 is 0 Å². The third kappa shape index (κ3) is 5.54. The number of carbonyl (C=O) groups is 1. The first-order valence-electron chi connectivity index (χ1n) is 12.4. The van der Waals surface area contributed by atoms with Crippen LogP contribution in [0.5, 0.6) is 0 Å². The maximum Gasteiger partial charge on any atom is 0.253 e. The fourth-order valence-corrected chi connectivity index (χ4v) is 6.80. The van der Waals surface area contributed by atoms with Crippen LogP contribution in [-0.4, -0.2) is 74.2 Å². The standard InChI is InChI=1S/C25H39N3O3S/c1-20-9-14-26(15-10-20)18-22-4-3-13-27(19-22)25(29)23-5-7-24(8-6-23)32(30,31)28-16-11-21(2)12-17-28/h5-8,20-22H,3-4,9-19H2,1-2H3. The molecule has 1 unspecified atom stereocenters. The lowest BCUT2D eigenvalue weighted by molar-refractivity contribution is 0.0622. The van der Waals surface area contributed by atoms with Gasteiger partial charge in [0.1, 0.15) is 0 Å². The summed E-state index contributed by atoms with van der Waals surface area (Å²) in [5, 5.41) is 0. The van der Waals surface area contributed by atoms with Gasteiger partial charge in [-0.2, -0.15) is 4.31 Å². The van der Waals surface area contributed by atoms with Crippen molar-refractivity contribution in [2.45, 2.75) is 57.3 Å². The molecule has 1 aromatic carbocycles. The van der Waals surface area contributed by atoms with Gasteiger partial charge in [-0.3, -0.25) is 4.79 Å².